The first-order valence-corrected chi connectivity index (χ1v) is 3.45. The minimum Gasteiger partial charge on any atom is -0.396 e. The lowest BCUT2D eigenvalue weighted by atomic mass is 9.97. The number of aliphatic hydroxyl groups is 2. The molecule has 0 fully saturated rings. The molecule has 0 aromatic carbocycles. The zero-order chi connectivity index (χ0) is 7.40. The summed E-state index contributed by atoms with van der Waals surface area (Å²) >= 11 is 0. The SMILES string of the molecule is OCC1=CC(CO)CC=C1. The van der Waals surface area contributed by atoms with Crippen LogP contribution in [0, 0.1) is 5.92 Å². The highest BCUT2D eigenvalue weighted by molar-refractivity contribution is 5.23. The van der Waals surface area contributed by atoms with Gasteiger partial charge in [0.15, 0.2) is 0 Å². The molecule has 0 saturated carbocycles. The molecule has 56 valence electrons. The molecule has 10 heavy (non-hydrogen) atoms. The molecule has 1 rings (SSSR count). The Kier molecular flexibility index (Phi) is 2.66. The Morgan fingerprint density at radius 1 is 1.50 bits per heavy atom. The van der Waals surface area contributed by atoms with E-state index in [1.165, 1.54) is 0 Å². The largest absolute Gasteiger partial charge is 0.396 e. The van der Waals surface area contributed by atoms with Crippen LogP contribution in [0.4, 0.5) is 0 Å². The van der Waals surface area contributed by atoms with Crippen LogP contribution < -0.4 is 0 Å². The molecule has 0 spiro atoms. The first kappa shape index (κ1) is 7.51. The fourth-order valence-electron chi connectivity index (χ4n) is 1.05. The van der Waals surface area contributed by atoms with Crippen molar-refractivity contribution in [3.05, 3.63) is 23.8 Å². The molecular formula is C8H12O2. The van der Waals surface area contributed by atoms with Gasteiger partial charge >= 0.3 is 0 Å². The summed E-state index contributed by atoms with van der Waals surface area (Å²) in [6, 6.07) is 0. The highest BCUT2D eigenvalue weighted by atomic mass is 16.3. The second-order valence-corrected chi connectivity index (χ2v) is 2.48. The van der Waals surface area contributed by atoms with E-state index in [4.69, 9.17) is 10.2 Å². The third-order valence-corrected chi connectivity index (χ3v) is 1.64. The van der Waals surface area contributed by atoms with Crippen LogP contribution in [-0.4, -0.2) is 23.4 Å². The van der Waals surface area contributed by atoms with Gasteiger partial charge in [0.05, 0.1) is 6.61 Å². The quantitative estimate of drug-likeness (QED) is 0.585. The second kappa shape index (κ2) is 3.54. The van der Waals surface area contributed by atoms with Gasteiger partial charge in [-0.2, -0.15) is 0 Å². The van der Waals surface area contributed by atoms with Crippen molar-refractivity contribution in [1.82, 2.24) is 0 Å². The summed E-state index contributed by atoms with van der Waals surface area (Å²) in [4.78, 5) is 0. The summed E-state index contributed by atoms with van der Waals surface area (Å²) in [6.45, 7) is 0.251. The topological polar surface area (TPSA) is 40.5 Å². The zero-order valence-corrected chi connectivity index (χ0v) is 5.83. The van der Waals surface area contributed by atoms with Crippen molar-refractivity contribution < 1.29 is 10.2 Å². The van der Waals surface area contributed by atoms with E-state index >= 15 is 0 Å². The minimum absolute atomic E-state index is 0.0764. The van der Waals surface area contributed by atoms with Crippen LogP contribution in [0.2, 0.25) is 0 Å². The summed E-state index contributed by atoms with van der Waals surface area (Å²) in [6.07, 6.45) is 6.68. The van der Waals surface area contributed by atoms with Gasteiger partial charge in [-0.25, -0.2) is 0 Å². The van der Waals surface area contributed by atoms with E-state index in [0.717, 1.165) is 12.0 Å². The summed E-state index contributed by atoms with van der Waals surface area (Å²) < 4.78 is 0. The maximum absolute atomic E-state index is 8.74. The number of allylic oxidation sites excluding steroid dienone is 1. The monoisotopic (exact) mass is 140 g/mol. The number of aliphatic hydroxyl groups excluding tert-OH is 2. The van der Waals surface area contributed by atoms with Crippen molar-refractivity contribution in [2.24, 2.45) is 5.92 Å². The van der Waals surface area contributed by atoms with Crippen molar-refractivity contribution in [2.75, 3.05) is 13.2 Å². The first-order valence-electron chi connectivity index (χ1n) is 3.45. The third kappa shape index (κ3) is 1.69. The Labute approximate surface area is 60.5 Å². The van der Waals surface area contributed by atoms with E-state index in [9.17, 15) is 0 Å². The Hall–Kier alpha value is -0.600. The number of hydrogen-bond acceptors (Lipinski definition) is 2. The van der Waals surface area contributed by atoms with E-state index in [1.807, 2.05) is 18.2 Å². The standard InChI is InChI=1S/C8H12O2/c9-5-7-2-1-3-8(4-7)6-10/h1-2,4,8-10H,3,5-6H2. The molecule has 0 aromatic rings. The van der Waals surface area contributed by atoms with E-state index in [-0.39, 0.29) is 19.1 Å². The van der Waals surface area contributed by atoms with Crippen molar-refractivity contribution in [2.45, 2.75) is 6.42 Å². The van der Waals surface area contributed by atoms with Crippen LogP contribution in [0.5, 0.6) is 0 Å². The molecular weight excluding hydrogens is 128 g/mol. The fourth-order valence-corrected chi connectivity index (χ4v) is 1.05. The molecule has 0 aromatic heterocycles. The third-order valence-electron chi connectivity index (χ3n) is 1.64. The molecule has 1 aliphatic carbocycles. The van der Waals surface area contributed by atoms with Gasteiger partial charge in [0.2, 0.25) is 0 Å². The smallest absolute Gasteiger partial charge is 0.0678 e. The van der Waals surface area contributed by atoms with E-state index in [2.05, 4.69) is 0 Å². The van der Waals surface area contributed by atoms with Gasteiger partial charge in [-0.1, -0.05) is 18.2 Å². The van der Waals surface area contributed by atoms with E-state index < -0.39 is 0 Å². The van der Waals surface area contributed by atoms with Crippen LogP contribution in [0.25, 0.3) is 0 Å². The second-order valence-electron chi connectivity index (χ2n) is 2.48. The lowest BCUT2D eigenvalue weighted by molar-refractivity contribution is 0.251. The molecule has 1 unspecified atom stereocenters. The molecule has 0 heterocycles. The summed E-state index contributed by atoms with van der Waals surface area (Å²) in [5.74, 6) is 0.215. The predicted octanol–water partition coefficient (Wildman–Crippen LogP) is 0.473. The molecule has 2 nitrogen and oxygen atoms in total. The molecule has 1 atom stereocenters. The Morgan fingerprint density at radius 2 is 2.30 bits per heavy atom. The number of rotatable bonds is 2. The van der Waals surface area contributed by atoms with Gasteiger partial charge in [0.1, 0.15) is 0 Å². The number of hydrogen-bond donors (Lipinski definition) is 2. The summed E-state index contributed by atoms with van der Waals surface area (Å²) in [5.41, 5.74) is 0.908. The van der Waals surface area contributed by atoms with Crippen LogP contribution in [0.15, 0.2) is 23.8 Å². The van der Waals surface area contributed by atoms with Crippen LogP contribution >= 0.6 is 0 Å². The van der Waals surface area contributed by atoms with Gasteiger partial charge in [-0.05, 0) is 12.0 Å². The van der Waals surface area contributed by atoms with Gasteiger partial charge in [-0.15, -0.1) is 0 Å². The Bertz CT molecular complexity index is 159. The van der Waals surface area contributed by atoms with Crippen LogP contribution in [0.3, 0.4) is 0 Å². The van der Waals surface area contributed by atoms with Crippen LogP contribution in [0.1, 0.15) is 6.42 Å². The van der Waals surface area contributed by atoms with Crippen molar-refractivity contribution in [1.29, 1.82) is 0 Å². The lowest BCUT2D eigenvalue weighted by Gasteiger charge is -2.11. The first-order chi connectivity index (χ1) is 4.86. The molecule has 1 aliphatic rings. The summed E-state index contributed by atoms with van der Waals surface area (Å²) in [5, 5.41) is 17.4. The molecule has 2 heteroatoms. The molecule has 2 N–H and O–H groups in total. The Balaban J connectivity index is 2.56. The lowest BCUT2D eigenvalue weighted by Crippen LogP contribution is -2.06. The van der Waals surface area contributed by atoms with Gasteiger partial charge in [0, 0.05) is 12.5 Å². The highest BCUT2D eigenvalue weighted by Gasteiger charge is 2.06. The van der Waals surface area contributed by atoms with Gasteiger partial charge in [0.25, 0.3) is 0 Å². The zero-order valence-electron chi connectivity index (χ0n) is 5.83. The maximum Gasteiger partial charge on any atom is 0.0678 e. The van der Waals surface area contributed by atoms with E-state index in [1.54, 1.807) is 0 Å². The molecule has 0 amide bonds. The normalized spacial score (nSPS) is 24.6. The maximum atomic E-state index is 8.74. The van der Waals surface area contributed by atoms with Crippen molar-refractivity contribution in [3.8, 4) is 0 Å². The molecule has 0 saturated heterocycles. The van der Waals surface area contributed by atoms with Gasteiger partial charge < -0.3 is 10.2 Å². The average Bonchev–Trinajstić information content (AvgIpc) is 2.05. The summed E-state index contributed by atoms with van der Waals surface area (Å²) in [7, 11) is 0. The minimum atomic E-state index is 0.0764. The van der Waals surface area contributed by atoms with E-state index in [0.29, 0.717) is 0 Å². The van der Waals surface area contributed by atoms with Crippen molar-refractivity contribution >= 4 is 0 Å². The molecule has 0 radical (unpaired) electrons. The fraction of sp³-hybridized carbons (Fsp3) is 0.500. The highest BCUT2D eigenvalue weighted by Crippen LogP contribution is 2.15. The molecule has 0 aliphatic heterocycles. The van der Waals surface area contributed by atoms with Gasteiger partial charge in [-0.3, -0.25) is 0 Å². The Morgan fingerprint density at radius 3 is 2.90 bits per heavy atom. The predicted molar refractivity (Wildman–Crippen MR) is 39.5 cm³/mol. The van der Waals surface area contributed by atoms with Crippen molar-refractivity contribution in [3.63, 3.8) is 0 Å². The molecule has 0 bridgehead atoms. The average molecular weight is 140 g/mol. The van der Waals surface area contributed by atoms with Crippen LogP contribution in [-0.2, 0) is 0 Å².